The van der Waals surface area contributed by atoms with Crippen LogP contribution in [0.25, 0.3) is 0 Å². The minimum Gasteiger partial charge on any atom is -0.366 e. The van der Waals surface area contributed by atoms with Crippen molar-refractivity contribution in [2.75, 3.05) is 24.5 Å². The minimum absolute atomic E-state index is 0.0570. The fraction of sp³-hybridized carbons (Fsp3) is 0.632. The lowest BCUT2D eigenvalue weighted by molar-refractivity contribution is -0.384. The van der Waals surface area contributed by atoms with E-state index in [9.17, 15) is 23.3 Å². The molecule has 10 heteroatoms. The molecule has 2 atom stereocenters. The number of nitrogens with one attached hydrogen (secondary N) is 2. The molecular formula is C19H28N4O5S. The zero-order valence-electron chi connectivity index (χ0n) is 16.6. The first kappa shape index (κ1) is 21.5. The van der Waals surface area contributed by atoms with Crippen LogP contribution in [0, 0.1) is 16.0 Å². The maximum absolute atomic E-state index is 12.6. The summed E-state index contributed by atoms with van der Waals surface area (Å²) in [6.45, 7) is 3.11. The molecule has 2 N–H and O–H groups in total. The van der Waals surface area contributed by atoms with E-state index < -0.39 is 27.4 Å². The third-order valence-corrected chi connectivity index (χ3v) is 7.18. The van der Waals surface area contributed by atoms with Crippen LogP contribution in [-0.4, -0.2) is 44.9 Å². The molecule has 1 heterocycles. The Bertz CT molecular complexity index is 867. The molecular weight excluding hydrogens is 396 g/mol. The van der Waals surface area contributed by atoms with Crippen LogP contribution in [0.5, 0.6) is 0 Å². The summed E-state index contributed by atoms with van der Waals surface area (Å²) >= 11 is 0. The fourth-order valence-corrected chi connectivity index (χ4v) is 5.08. The smallest absolute Gasteiger partial charge is 0.293 e. The number of rotatable bonds is 7. The highest BCUT2D eigenvalue weighted by Gasteiger charge is 2.27. The van der Waals surface area contributed by atoms with Crippen molar-refractivity contribution in [3.05, 3.63) is 28.3 Å². The van der Waals surface area contributed by atoms with E-state index in [1.807, 2.05) is 4.90 Å². The number of anilines is 1. The minimum atomic E-state index is -4.04. The highest BCUT2D eigenvalue weighted by atomic mass is 32.2. The number of hydrogen-bond acceptors (Lipinski definition) is 6. The average molecular weight is 425 g/mol. The molecule has 0 bridgehead atoms. The van der Waals surface area contributed by atoms with Gasteiger partial charge in [-0.25, -0.2) is 13.1 Å². The lowest BCUT2D eigenvalue weighted by Gasteiger charge is -2.29. The van der Waals surface area contributed by atoms with Gasteiger partial charge in [-0.05, 0) is 43.7 Å². The molecule has 0 spiro atoms. The van der Waals surface area contributed by atoms with E-state index in [0.29, 0.717) is 24.7 Å². The number of benzene rings is 1. The Kier molecular flexibility index (Phi) is 6.74. The molecule has 0 unspecified atom stereocenters. The highest BCUT2D eigenvalue weighted by Crippen LogP contribution is 2.32. The third kappa shape index (κ3) is 5.24. The lowest BCUT2D eigenvalue weighted by atomic mass is 9.86. The van der Waals surface area contributed by atoms with E-state index in [-0.39, 0.29) is 16.6 Å². The van der Waals surface area contributed by atoms with Crippen molar-refractivity contribution < 1.29 is 18.1 Å². The zero-order chi connectivity index (χ0) is 21.0. The molecule has 29 heavy (non-hydrogen) atoms. The Labute approximate surface area is 171 Å². The molecule has 3 rings (SSSR count). The SMILES string of the molecule is C[C@@H]1CCCC[C@H]1NC(=O)CNS(=O)(=O)c1ccc(N2CCCC2)c([N+](=O)[O-])c1. The Hall–Kier alpha value is -2.20. The van der Waals surface area contributed by atoms with Gasteiger partial charge in [-0.3, -0.25) is 14.9 Å². The van der Waals surface area contributed by atoms with Crippen molar-refractivity contribution in [1.82, 2.24) is 10.0 Å². The molecule has 2 fully saturated rings. The van der Waals surface area contributed by atoms with Crippen molar-refractivity contribution in [2.24, 2.45) is 5.92 Å². The van der Waals surface area contributed by atoms with Gasteiger partial charge in [0.15, 0.2) is 0 Å². The van der Waals surface area contributed by atoms with Gasteiger partial charge in [0.1, 0.15) is 5.69 Å². The van der Waals surface area contributed by atoms with E-state index in [2.05, 4.69) is 17.0 Å². The van der Waals surface area contributed by atoms with Crippen LogP contribution in [0.15, 0.2) is 23.1 Å². The maximum atomic E-state index is 12.6. The fourth-order valence-electron chi connectivity index (χ4n) is 4.07. The number of nitro benzene ring substituents is 1. The van der Waals surface area contributed by atoms with Crippen molar-refractivity contribution in [3.63, 3.8) is 0 Å². The van der Waals surface area contributed by atoms with Crippen molar-refractivity contribution >= 4 is 27.3 Å². The molecule has 1 aromatic rings. The summed E-state index contributed by atoms with van der Waals surface area (Å²) in [6.07, 6.45) is 6.04. The van der Waals surface area contributed by atoms with Crippen LogP contribution in [0.4, 0.5) is 11.4 Å². The summed E-state index contributed by atoms with van der Waals surface area (Å²) in [5.74, 6) is -0.0272. The number of carbonyl (C=O) groups is 1. The van der Waals surface area contributed by atoms with E-state index in [4.69, 9.17) is 0 Å². The monoisotopic (exact) mass is 424 g/mol. The lowest BCUT2D eigenvalue weighted by Crippen LogP contribution is -2.45. The zero-order valence-corrected chi connectivity index (χ0v) is 17.4. The molecule has 1 saturated heterocycles. The summed E-state index contributed by atoms with van der Waals surface area (Å²) in [5.41, 5.74) is 0.186. The first-order chi connectivity index (χ1) is 13.8. The standard InChI is InChI=1S/C19H28N4O5S/c1-14-6-2-3-7-16(14)21-19(24)13-20-29(27,28)15-8-9-17(18(12-15)23(25)26)22-10-4-5-11-22/h8-9,12,14,16,20H,2-7,10-11,13H2,1H3,(H,21,24)/t14-,16-/m1/s1. The summed E-state index contributed by atoms with van der Waals surface area (Å²) in [4.78, 5) is 24.8. The second-order valence-electron chi connectivity index (χ2n) is 7.86. The summed E-state index contributed by atoms with van der Waals surface area (Å²) in [5, 5.41) is 14.4. The van der Waals surface area contributed by atoms with Crippen LogP contribution in [0.2, 0.25) is 0 Å². The van der Waals surface area contributed by atoms with Crippen LogP contribution < -0.4 is 14.9 Å². The van der Waals surface area contributed by atoms with Gasteiger partial charge in [0, 0.05) is 25.2 Å². The quantitative estimate of drug-likeness (QED) is 0.511. The molecule has 2 aliphatic rings. The van der Waals surface area contributed by atoms with E-state index in [1.54, 1.807) is 0 Å². The molecule has 1 amide bonds. The first-order valence-corrected chi connectivity index (χ1v) is 11.6. The predicted octanol–water partition coefficient (Wildman–Crippen LogP) is 2.17. The largest absolute Gasteiger partial charge is 0.366 e. The van der Waals surface area contributed by atoms with Gasteiger partial charge in [0.2, 0.25) is 15.9 Å². The van der Waals surface area contributed by atoms with Crippen molar-refractivity contribution in [1.29, 1.82) is 0 Å². The normalized spacial score (nSPS) is 22.4. The Morgan fingerprint density at radius 2 is 1.90 bits per heavy atom. The van der Waals surface area contributed by atoms with Gasteiger partial charge >= 0.3 is 0 Å². The van der Waals surface area contributed by atoms with Gasteiger partial charge < -0.3 is 10.2 Å². The summed E-state index contributed by atoms with van der Waals surface area (Å²) in [6, 6.07) is 3.95. The maximum Gasteiger partial charge on any atom is 0.293 e. The van der Waals surface area contributed by atoms with Crippen molar-refractivity contribution in [2.45, 2.75) is 56.4 Å². The molecule has 1 saturated carbocycles. The first-order valence-electron chi connectivity index (χ1n) is 10.1. The van der Waals surface area contributed by atoms with Gasteiger partial charge in [-0.2, -0.15) is 0 Å². The van der Waals surface area contributed by atoms with E-state index >= 15 is 0 Å². The van der Waals surface area contributed by atoms with Crippen LogP contribution >= 0.6 is 0 Å². The summed E-state index contributed by atoms with van der Waals surface area (Å²) < 4.78 is 27.4. The van der Waals surface area contributed by atoms with Gasteiger partial charge in [-0.1, -0.05) is 19.8 Å². The number of sulfonamides is 1. The molecule has 1 aliphatic carbocycles. The highest BCUT2D eigenvalue weighted by molar-refractivity contribution is 7.89. The van der Waals surface area contributed by atoms with Crippen molar-refractivity contribution in [3.8, 4) is 0 Å². The molecule has 9 nitrogen and oxygen atoms in total. The van der Waals surface area contributed by atoms with Crippen LogP contribution in [-0.2, 0) is 14.8 Å². The molecule has 0 radical (unpaired) electrons. The summed E-state index contributed by atoms with van der Waals surface area (Å²) in [7, 11) is -4.04. The van der Waals surface area contributed by atoms with Gasteiger partial charge in [-0.15, -0.1) is 0 Å². The topological polar surface area (TPSA) is 122 Å². The predicted molar refractivity (Wildman–Crippen MR) is 109 cm³/mol. The Balaban J connectivity index is 1.67. The van der Waals surface area contributed by atoms with E-state index in [1.165, 1.54) is 12.1 Å². The second kappa shape index (κ2) is 9.08. The third-order valence-electron chi connectivity index (χ3n) is 5.78. The van der Waals surface area contributed by atoms with Gasteiger partial charge in [0.05, 0.1) is 16.4 Å². The number of hydrogen-bond donors (Lipinski definition) is 2. The van der Waals surface area contributed by atoms with Crippen LogP contribution in [0.1, 0.15) is 45.4 Å². The van der Waals surface area contributed by atoms with Gasteiger partial charge in [0.25, 0.3) is 5.69 Å². The Morgan fingerprint density at radius 3 is 2.55 bits per heavy atom. The van der Waals surface area contributed by atoms with Crippen LogP contribution in [0.3, 0.4) is 0 Å². The number of amides is 1. The number of nitro groups is 1. The van der Waals surface area contributed by atoms with E-state index in [0.717, 1.165) is 44.6 Å². The number of carbonyl (C=O) groups excluding carboxylic acids is 1. The molecule has 0 aromatic heterocycles. The number of nitrogens with zero attached hydrogens (tertiary/aromatic N) is 2. The molecule has 1 aliphatic heterocycles. The Morgan fingerprint density at radius 1 is 1.21 bits per heavy atom. The average Bonchev–Trinajstić information content (AvgIpc) is 3.22. The molecule has 1 aromatic carbocycles. The second-order valence-corrected chi connectivity index (χ2v) is 9.63. The molecule has 160 valence electrons.